The minimum absolute atomic E-state index is 0.00158. The third kappa shape index (κ3) is 17.1. The molecule has 722 valence electrons. The molecule has 4 heterocycles. The summed E-state index contributed by atoms with van der Waals surface area (Å²) in [5.41, 5.74) is 32.0. The summed E-state index contributed by atoms with van der Waals surface area (Å²) in [6.07, 6.45) is 25.8. The first kappa shape index (κ1) is 95.8. The molecule has 0 radical (unpaired) electrons. The molecular weight excluding hydrogens is 1780 g/mol. The zero-order chi connectivity index (χ0) is 100. The highest BCUT2D eigenvalue weighted by Crippen LogP contribution is 2.59. The number of aromatic nitrogens is 8. The Morgan fingerprint density at radius 2 is 0.503 bits per heavy atom. The second-order valence-corrected chi connectivity index (χ2v) is 42.7. The molecule has 24 rings (SSSR count). The second-order valence-electron chi connectivity index (χ2n) is 42.7. The number of allylic oxidation sites excluding steroid dienone is 8. The summed E-state index contributed by atoms with van der Waals surface area (Å²) < 4.78 is 8.46. The van der Waals surface area contributed by atoms with E-state index in [9.17, 15) is 19.2 Å². The van der Waals surface area contributed by atoms with Crippen molar-refractivity contribution in [3.63, 3.8) is 0 Å². The van der Waals surface area contributed by atoms with Crippen LogP contribution in [0.2, 0.25) is 0 Å². The van der Waals surface area contributed by atoms with Crippen molar-refractivity contribution in [3.8, 4) is 89.8 Å². The van der Waals surface area contributed by atoms with Crippen molar-refractivity contribution in [2.75, 3.05) is 0 Å². The van der Waals surface area contributed by atoms with Gasteiger partial charge in [0.15, 0.2) is 23.1 Å². The molecule has 4 aromatic heterocycles. The monoisotopic (exact) mass is 1900 g/mol. The SMILES string of the molecule is [C-]#[N+]C1=C[C@@]2(C)c3c(c(-c4ccc(CC)cc4)nn3-c3ccc(-c4ccccc4)cc3)CC[C@@H]2[C@@H](C)C1=O.[C-]#[N+]C1=C[C@@]2(C)c3c(c(-c4ccc(CC)cc4)nn3-c3ccc(-c4ccccc4)cc3)CC[C@@H]2[C@@H](C)C1=O.[C-]#[N+]C1=C[C@@]2(C)c3c(c(C4CC4)nn3-c3ccc(-c4ccccc4)cc3)CC[C@@H]2[C@@H](C)C1=O.[C-]#[N+]C1=C[C@@]2(C)c3c(c(C4CCCCC4)nn3-c3ccc(-c4ccccc4)cc3)CC[C@@H]2[C@@H](C)C1=O. The summed E-state index contributed by atoms with van der Waals surface area (Å²) in [4.78, 5) is 66.3. The highest BCUT2D eigenvalue weighted by molar-refractivity contribution is 6.03. The predicted octanol–water partition coefficient (Wildman–Crippen LogP) is 28.9. The maximum atomic E-state index is 13.0. The molecule has 16 nitrogen and oxygen atoms in total. The van der Waals surface area contributed by atoms with Gasteiger partial charge in [-0.2, -0.15) is 20.4 Å². The normalized spacial score (nSPS) is 24.1. The zero-order valence-electron chi connectivity index (χ0n) is 84.5. The van der Waals surface area contributed by atoms with E-state index >= 15 is 0 Å². The molecular formula is C129H122N12O4. The van der Waals surface area contributed by atoms with Crippen molar-refractivity contribution < 1.29 is 19.2 Å². The molecule has 12 atom stereocenters. The zero-order valence-corrected chi connectivity index (χ0v) is 84.5. The van der Waals surface area contributed by atoms with Crippen molar-refractivity contribution in [3.05, 3.63) is 427 Å². The van der Waals surface area contributed by atoms with Crippen molar-refractivity contribution in [2.45, 2.75) is 212 Å². The molecule has 0 unspecified atom stereocenters. The second kappa shape index (κ2) is 39.1. The van der Waals surface area contributed by atoms with Gasteiger partial charge in [0.1, 0.15) is 0 Å². The highest BCUT2D eigenvalue weighted by atomic mass is 16.1. The number of ketones is 4. The number of hydrogen-bond acceptors (Lipinski definition) is 8. The average molecular weight is 1900 g/mol. The lowest BCUT2D eigenvalue weighted by Crippen LogP contribution is -2.46. The van der Waals surface area contributed by atoms with Crippen LogP contribution in [-0.2, 0) is 79.4 Å². The van der Waals surface area contributed by atoms with E-state index in [0.29, 0.717) is 17.5 Å². The van der Waals surface area contributed by atoms with Crippen LogP contribution in [0, 0.1) is 73.6 Å². The molecule has 10 aromatic carbocycles. The van der Waals surface area contributed by atoms with E-state index in [0.717, 1.165) is 132 Å². The van der Waals surface area contributed by atoms with Crippen LogP contribution < -0.4 is 0 Å². The summed E-state index contributed by atoms with van der Waals surface area (Å²) in [5.74, 6) is 0.930. The molecule has 0 spiro atoms. The third-order valence-electron chi connectivity index (χ3n) is 34.3. The Hall–Kier alpha value is -15.4. The molecule has 2 saturated carbocycles. The molecule has 14 aromatic rings. The maximum absolute atomic E-state index is 13.0. The van der Waals surface area contributed by atoms with Gasteiger partial charge in [-0.1, -0.05) is 331 Å². The lowest BCUT2D eigenvalue weighted by Gasteiger charge is -2.46. The minimum atomic E-state index is -0.465. The van der Waals surface area contributed by atoms with Crippen LogP contribution in [0.1, 0.15) is 219 Å². The van der Waals surface area contributed by atoms with Crippen LogP contribution in [0.15, 0.2) is 314 Å². The van der Waals surface area contributed by atoms with Crippen LogP contribution in [0.5, 0.6) is 0 Å². The minimum Gasteiger partial charge on any atom is -0.308 e. The average Bonchev–Trinajstić information content (AvgIpc) is 1.65. The van der Waals surface area contributed by atoms with E-state index in [-0.39, 0.29) is 93.0 Å². The van der Waals surface area contributed by atoms with Crippen LogP contribution in [-0.4, -0.2) is 62.3 Å². The first-order chi connectivity index (χ1) is 70.4. The van der Waals surface area contributed by atoms with Gasteiger partial charge < -0.3 is 19.2 Å². The number of carbonyl (C=O) groups excluding carboxylic acids is 4. The van der Waals surface area contributed by atoms with Crippen LogP contribution in [0.3, 0.4) is 0 Å². The molecule has 16 heteroatoms. The molecule has 0 N–H and O–H groups in total. The molecule has 145 heavy (non-hydrogen) atoms. The Morgan fingerprint density at radius 1 is 0.276 bits per heavy atom. The van der Waals surface area contributed by atoms with Gasteiger partial charge >= 0.3 is 0 Å². The van der Waals surface area contributed by atoms with Crippen molar-refractivity contribution in [2.24, 2.45) is 47.3 Å². The van der Waals surface area contributed by atoms with Gasteiger partial charge in [-0.3, -0.25) is 0 Å². The van der Waals surface area contributed by atoms with Crippen molar-refractivity contribution >= 4 is 23.1 Å². The Kier molecular flexibility index (Phi) is 25.8. The smallest absolute Gasteiger partial charge is 0.226 e. The van der Waals surface area contributed by atoms with Gasteiger partial charge in [-0.25, -0.2) is 38.1 Å². The van der Waals surface area contributed by atoms with E-state index < -0.39 is 16.2 Å². The van der Waals surface area contributed by atoms with Gasteiger partial charge in [-0.15, -0.1) is 0 Å². The van der Waals surface area contributed by atoms with Crippen molar-refractivity contribution in [1.82, 2.24) is 39.1 Å². The Bertz CT molecular complexity index is 7440. The Morgan fingerprint density at radius 3 is 0.752 bits per heavy atom. The first-order valence-electron chi connectivity index (χ1n) is 52.3. The van der Waals surface area contributed by atoms with Gasteiger partial charge in [0, 0.05) is 79.4 Å². The molecule has 10 aliphatic rings. The fraction of sp³-hybridized carbons (Fsp3) is 0.318. The number of rotatable bonds is 14. The number of Topliss-reactive ketones (excluding diaryl/α,β-unsaturated/α-hetero) is 4. The van der Waals surface area contributed by atoms with E-state index in [1.54, 1.807) is 0 Å². The highest BCUT2D eigenvalue weighted by Gasteiger charge is 2.56. The number of nitrogens with zero attached hydrogens (tertiary/aromatic N) is 12. The third-order valence-corrected chi connectivity index (χ3v) is 34.3. The number of aryl methyl sites for hydroxylation is 2. The van der Waals surface area contributed by atoms with E-state index in [1.165, 1.54) is 134 Å². The van der Waals surface area contributed by atoms with Gasteiger partial charge in [0.05, 0.1) is 94.6 Å². The summed E-state index contributed by atoms with van der Waals surface area (Å²) in [7, 11) is 0. The molecule has 0 aliphatic heterocycles. The molecule has 2 fully saturated rings. The topological polar surface area (TPSA) is 157 Å². The largest absolute Gasteiger partial charge is 0.308 e. The number of carbonyl (C=O) groups is 4. The van der Waals surface area contributed by atoms with Crippen LogP contribution >= 0.6 is 0 Å². The number of benzene rings is 10. The molecule has 0 bridgehead atoms. The standard InChI is InChI=1S/2C34H31N3O.C32H33N3O.C29H27N3O/c2*1-5-23-11-13-26(14-12-23)31-28-19-20-29-22(2)32(38)30(35-4)21-34(29,3)33(28)37(36-31)27-17-15-25(16-18-27)24-9-7-6-8-10-24;1-21-27-19-18-26-29(24-12-8-5-9-13-24)34-35(31(26)32(27,2)20-28(33-3)30(21)36)25-16-14-23(15-17-25)22-10-6-4-7-11-22;1-18-24-16-15-23-26(21-9-10-21)31-32(28(23)29(24,2)17-25(30-3)27(18)33)22-13-11-20(12-14-22)19-7-5-4-6-8-19/h2*6-18,21-22,29H,5,19-20H2,1-3H3;4,6-7,10-11,14-17,20-21,24,27H,5,8-9,12-13,18-19H2,1-2H3;4-8,11-14,17-18,21,24H,9-10,15-16H2,1-2H3/t2*22-,29-,34-;21-,27-,32-;18-,24-,29-/m1111/s1. The van der Waals surface area contributed by atoms with Gasteiger partial charge in [0.25, 0.3) is 0 Å². The van der Waals surface area contributed by atoms with E-state index in [4.69, 9.17) is 46.7 Å². The molecule has 10 aliphatic carbocycles. The first-order valence-corrected chi connectivity index (χ1v) is 52.3. The Balaban J connectivity index is 0.000000114. The predicted molar refractivity (Wildman–Crippen MR) is 576 cm³/mol. The summed E-state index contributed by atoms with van der Waals surface area (Å²) >= 11 is 0. The summed E-state index contributed by atoms with van der Waals surface area (Å²) in [6.45, 7) is 51.9. The van der Waals surface area contributed by atoms with Gasteiger partial charge in [-0.05, 0) is 229 Å². The quantitative estimate of drug-likeness (QED) is 0.0974. The summed E-state index contributed by atoms with van der Waals surface area (Å²) in [5, 5.41) is 21.0. The lowest BCUT2D eigenvalue weighted by molar-refractivity contribution is -0.122. The molecule has 0 amide bonds. The summed E-state index contributed by atoms with van der Waals surface area (Å²) in [6, 6.07) is 93.4. The Labute approximate surface area is 852 Å². The van der Waals surface area contributed by atoms with Crippen LogP contribution in [0.25, 0.3) is 109 Å². The van der Waals surface area contributed by atoms with E-state index in [2.05, 4.69) is 322 Å². The molecule has 0 saturated heterocycles. The number of hydrogen-bond donors (Lipinski definition) is 0. The van der Waals surface area contributed by atoms with Crippen LogP contribution in [0.4, 0.5) is 0 Å². The fourth-order valence-electron chi connectivity index (χ4n) is 26.4. The van der Waals surface area contributed by atoms with E-state index in [1.807, 2.05) is 76.3 Å². The van der Waals surface area contributed by atoms with Crippen molar-refractivity contribution in [1.29, 1.82) is 0 Å². The lowest BCUT2D eigenvalue weighted by atomic mass is 9.58. The van der Waals surface area contributed by atoms with Gasteiger partial charge in [0.2, 0.25) is 22.8 Å². The maximum Gasteiger partial charge on any atom is 0.226 e. The fourth-order valence-corrected chi connectivity index (χ4v) is 26.4. The number of fused-ring (bicyclic) bond motifs is 12.